The molecule has 2 rings (SSSR count). The fraction of sp³-hybridized carbons (Fsp3) is 0.312. The van der Waals surface area contributed by atoms with Gasteiger partial charge in [0.25, 0.3) is 0 Å². The van der Waals surface area contributed by atoms with Gasteiger partial charge in [-0.1, -0.05) is 12.1 Å². The number of amides is 1. The summed E-state index contributed by atoms with van der Waals surface area (Å²) in [4.78, 5) is 15.2. The van der Waals surface area contributed by atoms with Gasteiger partial charge in [0, 0.05) is 16.8 Å². The Morgan fingerprint density at radius 2 is 1.95 bits per heavy atom. The third-order valence-electron chi connectivity index (χ3n) is 3.53. The maximum absolute atomic E-state index is 10.9. The van der Waals surface area contributed by atoms with Gasteiger partial charge < -0.3 is 4.90 Å². The van der Waals surface area contributed by atoms with Crippen LogP contribution in [0, 0.1) is 13.8 Å². The van der Waals surface area contributed by atoms with Crippen LogP contribution in [0.2, 0.25) is 0 Å². The van der Waals surface area contributed by atoms with Crippen molar-refractivity contribution in [1.82, 2.24) is 4.90 Å². The first-order chi connectivity index (χ1) is 9.02. The molecule has 0 saturated carbocycles. The van der Waals surface area contributed by atoms with Crippen molar-refractivity contribution in [2.45, 2.75) is 26.8 Å². The Balaban J connectivity index is 2.42. The highest BCUT2D eigenvalue weighted by Gasteiger charge is 2.13. The lowest BCUT2D eigenvalue weighted by Gasteiger charge is -2.23. The zero-order chi connectivity index (χ0) is 14.0. The zero-order valence-electron chi connectivity index (χ0n) is 11.8. The molecule has 1 unspecified atom stereocenters. The summed E-state index contributed by atoms with van der Waals surface area (Å²) in [6.07, 6.45) is 0.881. The SMILES string of the molecule is Cc1ccc(-c2ccc(C)c(C(C)N(C)C=O)c2)s1. The molecule has 100 valence electrons. The van der Waals surface area contributed by atoms with Gasteiger partial charge in [-0.3, -0.25) is 4.79 Å². The van der Waals surface area contributed by atoms with Crippen LogP contribution in [-0.2, 0) is 4.79 Å². The van der Waals surface area contributed by atoms with Gasteiger partial charge in [-0.05, 0) is 55.7 Å². The van der Waals surface area contributed by atoms with Gasteiger partial charge in [-0.25, -0.2) is 0 Å². The molecular weight excluding hydrogens is 254 g/mol. The summed E-state index contributed by atoms with van der Waals surface area (Å²) in [5.74, 6) is 0. The molecule has 0 bridgehead atoms. The number of hydrogen-bond acceptors (Lipinski definition) is 2. The fourth-order valence-electron chi connectivity index (χ4n) is 2.14. The Morgan fingerprint density at radius 1 is 1.21 bits per heavy atom. The molecule has 0 fully saturated rings. The lowest BCUT2D eigenvalue weighted by Crippen LogP contribution is -2.21. The topological polar surface area (TPSA) is 20.3 Å². The molecule has 2 aromatic rings. The first kappa shape index (κ1) is 13.8. The smallest absolute Gasteiger partial charge is 0.209 e. The third-order valence-corrected chi connectivity index (χ3v) is 4.58. The summed E-state index contributed by atoms with van der Waals surface area (Å²) in [7, 11) is 1.82. The molecule has 0 aliphatic carbocycles. The van der Waals surface area contributed by atoms with E-state index in [1.54, 1.807) is 16.2 Å². The van der Waals surface area contributed by atoms with E-state index in [1.807, 2.05) is 7.05 Å². The van der Waals surface area contributed by atoms with Crippen LogP contribution in [0.1, 0.15) is 29.0 Å². The number of nitrogens with zero attached hydrogens (tertiary/aromatic N) is 1. The zero-order valence-corrected chi connectivity index (χ0v) is 12.6. The van der Waals surface area contributed by atoms with Crippen LogP contribution in [0.15, 0.2) is 30.3 Å². The summed E-state index contributed by atoms with van der Waals surface area (Å²) >= 11 is 1.80. The average Bonchev–Trinajstić information content (AvgIpc) is 2.84. The molecule has 0 aliphatic rings. The van der Waals surface area contributed by atoms with Crippen molar-refractivity contribution in [3.63, 3.8) is 0 Å². The van der Waals surface area contributed by atoms with E-state index in [1.165, 1.54) is 26.4 Å². The van der Waals surface area contributed by atoms with Gasteiger partial charge in [-0.15, -0.1) is 11.3 Å². The average molecular weight is 273 g/mol. The van der Waals surface area contributed by atoms with E-state index in [0.717, 1.165) is 6.41 Å². The molecule has 1 atom stereocenters. The minimum absolute atomic E-state index is 0.0958. The molecule has 1 amide bonds. The first-order valence-corrected chi connectivity index (χ1v) is 7.19. The van der Waals surface area contributed by atoms with Gasteiger partial charge in [0.05, 0.1) is 6.04 Å². The molecule has 0 N–H and O–H groups in total. The van der Waals surface area contributed by atoms with Gasteiger partial charge in [0.1, 0.15) is 0 Å². The Hall–Kier alpha value is -1.61. The maximum Gasteiger partial charge on any atom is 0.209 e. The standard InChI is InChI=1S/C16H19NOS/c1-11-5-7-14(16-8-6-12(2)19-16)9-15(11)13(3)17(4)10-18/h5-10,13H,1-4H3. The van der Waals surface area contributed by atoms with Crippen LogP contribution in [-0.4, -0.2) is 18.4 Å². The molecule has 0 radical (unpaired) electrons. The number of benzene rings is 1. The maximum atomic E-state index is 10.9. The quantitative estimate of drug-likeness (QED) is 0.765. The molecule has 0 saturated heterocycles. The summed E-state index contributed by atoms with van der Waals surface area (Å²) in [6.45, 7) is 6.26. The molecule has 1 aromatic heterocycles. The largest absolute Gasteiger partial charge is 0.342 e. The minimum Gasteiger partial charge on any atom is -0.342 e. The molecule has 19 heavy (non-hydrogen) atoms. The van der Waals surface area contributed by atoms with Crippen molar-refractivity contribution in [1.29, 1.82) is 0 Å². The van der Waals surface area contributed by atoms with Crippen molar-refractivity contribution in [3.05, 3.63) is 46.3 Å². The van der Waals surface area contributed by atoms with Crippen LogP contribution < -0.4 is 0 Å². The van der Waals surface area contributed by atoms with E-state index in [-0.39, 0.29) is 6.04 Å². The summed E-state index contributed by atoms with van der Waals surface area (Å²) in [5, 5.41) is 0. The van der Waals surface area contributed by atoms with Crippen LogP contribution in [0.25, 0.3) is 10.4 Å². The Kier molecular flexibility index (Phi) is 4.05. The molecule has 1 aromatic carbocycles. The predicted molar refractivity (Wildman–Crippen MR) is 81.5 cm³/mol. The first-order valence-electron chi connectivity index (χ1n) is 6.37. The van der Waals surface area contributed by atoms with Crippen LogP contribution in [0.4, 0.5) is 0 Å². The molecule has 0 spiro atoms. The van der Waals surface area contributed by atoms with Crippen LogP contribution in [0.5, 0.6) is 0 Å². The van der Waals surface area contributed by atoms with Crippen LogP contribution in [0.3, 0.4) is 0 Å². The highest BCUT2D eigenvalue weighted by molar-refractivity contribution is 7.15. The van der Waals surface area contributed by atoms with Crippen molar-refractivity contribution < 1.29 is 4.79 Å². The van der Waals surface area contributed by atoms with Crippen molar-refractivity contribution >= 4 is 17.7 Å². The lowest BCUT2D eigenvalue weighted by atomic mass is 9.98. The molecule has 1 heterocycles. The second-order valence-electron chi connectivity index (χ2n) is 4.93. The van der Waals surface area contributed by atoms with E-state index < -0.39 is 0 Å². The molecule has 2 nitrogen and oxygen atoms in total. The second-order valence-corrected chi connectivity index (χ2v) is 6.22. The third kappa shape index (κ3) is 2.87. The van der Waals surface area contributed by atoms with Crippen molar-refractivity contribution in [2.75, 3.05) is 7.05 Å². The number of carbonyl (C=O) groups is 1. The van der Waals surface area contributed by atoms with Gasteiger partial charge in [0.2, 0.25) is 6.41 Å². The molecular formula is C16H19NOS. The minimum atomic E-state index is 0.0958. The van der Waals surface area contributed by atoms with E-state index >= 15 is 0 Å². The van der Waals surface area contributed by atoms with Crippen molar-refractivity contribution in [2.24, 2.45) is 0 Å². The second kappa shape index (κ2) is 5.57. The highest BCUT2D eigenvalue weighted by Crippen LogP contribution is 2.31. The van der Waals surface area contributed by atoms with Crippen LogP contribution >= 0.6 is 11.3 Å². The van der Waals surface area contributed by atoms with E-state index in [2.05, 4.69) is 51.1 Å². The highest BCUT2D eigenvalue weighted by atomic mass is 32.1. The molecule has 3 heteroatoms. The Bertz CT molecular complexity index is 588. The summed E-state index contributed by atoms with van der Waals surface area (Å²) < 4.78 is 0. The number of carbonyl (C=O) groups excluding carboxylic acids is 1. The predicted octanol–water partition coefficient (Wildman–Crippen LogP) is 4.18. The Morgan fingerprint density at radius 3 is 2.53 bits per heavy atom. The fourth-order valence-corrected chi connectivity index (χ4v) is 3.01. The van der Waals surface area contributed by atoms with Gasteiger partial charge in [-0.2, -0.15) is 0 Å². The van der Waals surface area contributed by atoms with E-state index in [9.17, 15) is 4.79 Å². The number of rotatable bonds is 4. The summed E-state index contributed by atoms with van der Waals surface area (Å²) in [5.41, 5.74) is 3.65. The number of aryl methyl sites for hydroxylation is 2. The molecule has 0 aliphatic heterocycles. The summed E-state index contributed by atoms with van der Waals surface area (Å²) in [6, 6.07) is 10.9. The van der Waals surface area contributed by atoms with Gasteiger partial charge >= 0.3 is 0 Å². The lowest BCUT2D eigenvalue weighted by molar-refractivity contribution is -0.118. The van der Waals surface area contributed by atoms with E-state index in [0.29, 0.717) is 0 Å². The van der Waals surface area contributed by atoms with Gasteiger partial charge in [0.15, 0.2) is 0 Å². The van der Waals surface area contributed by atoms with E-state index in [4.69, 9.17) is 0 Å². The normalized spacial score (nSPS) is 12.2. The number of hydrogen-bond donors (Lipinski definition) is 0. The monoisotopic (exact) mass is 273 g/mol. The Labute approximate surface area is 118 Å². The number of thiophene rings is 1. The van der Waals surface area contributed by atoms with Crippen molar-refractivity contribution in [3.8, 4) is 10.4 Å².